The lowest BCUT2D eigenvalue weighted by Crippen LogP contribution is -1.72. The highest BCUT2D eigenvalue weighted by molar-refractivity contribution is 5.89. The van der Waals surface area contributed by atoms with Crippen molar-refractivity contribution in [2.24, 2.45) is 0 Å². The van der Waals surface area contributed by atoms with Crippen molar-refractivity contribution in [3.63, 3.8) is 0 Å². The lowest BCUT2D eigenvalue weighted by atomic mass is 10.1. The zero-order valence-electron chi connectivity index (χ0n) is 12.7. The Hall–Kier alpha value is -3.40. The number of rotatable bonds is 0. The predicted octanol–water partition coefficient (Wildman–Crippen LogP) is 4.50. The van der Waals surface area contributed by atoms with Crippen LogP contribution in [0.15, 0.2) is 72.8 Å². The Kier molecular flexibility index (Phi) is 4.12. The fourth-order valence-corrected chi connectivity index (χ4v) is 2.47. The third-order valence-corrected chi connectivity index (χ3v) is 3.65. The van der Waals surface area contributed by atoms with Gasteiger partial charge in [0.2, 0.25) is 0 Å². The van der Waals surface area contributed by atoms with Crippen molar-refractivity contribution in [1.29, 1.82) is 0 Å². The molecule has 4 N–H and O–H groups in total. The summed E-state index contributed by atoms with van der Waals surface area (Å²) in [6, 6.07) is 20.1. The first-order valence-electron chi connectivity index (χ1n) is 7.35. The van der Waals surface area contributed by atoms with Crippen molar-refractivity contribution in [2.45, 2.75) is 0 Å². The Morgan fingerprint density at radius 2 is 0.958 bits per heavy atom. The molecule has 0 fully saturated rings. The fraction of sp³-hybridized carbons (Fsp3) is 0. The molecule has 0 radical (unpaired) electrons. The van der Waals surface area contributed by atoms with E-state index in [-0.39, 0.29) is 23.0 Å². The molecule has 0 atom stereocenters. The van der Waals surface area contributed by atoms with E-state index in [1.54, 1.807) is 66.7 Å². The van der Waals surface area contributed by atoms with Gasteiger partial charge in [-0.05, 0) is 64.7 Å². The summed E-state index contributed by atoms with van der Waals surface area (Å²) in [5.74, 6) is 0.946. The molecule has 0 heterocycles. The standard InChI is InChI=1S/2C10H8O2/c11-9-3-1-7-5-10(12)4-2-8(7)6-9;11-8-4-5-9-7(6-8)2-1-3-10(9)12/h2*1-6,11-12H. The molecule has 4 heteroatoms. The smallest absolute Gasteiger partial charge is 0.123 e. The van der Waals surface area contributed by atoms with Crippen LogP contribution < -0.4 is 0 Å². The van der Waals surface area contributed by atoms with Crippen LogP contribution in [0.4, 0.5) is 0 Å². The van der Waals surface area contributed by atoms with Gasteiger partial charge < -0.3 is 20.4 Å². The molecule has 0 amide bonds. The predicted molar refractivity (Wildman–Crippen MR) is 94.6 cm³/mol. The minimum Gasteiger partial charge on any atom is -0.508 e. The normalized spacial score (nSPS) is 10.3. The Balaban J connectivity index is 0.000000141. The van der Waals surface area contributed by atoms with Gasteiger partial charge in [-0.25, -0.2) is 0 Å². The highest BCUT2D eigenvalue weighted by Crippen LogP contribution is 2.26. The average Bonchev–Trinajstić information content (AvgIpc) is 2.56. The van der Waals surface area contributed by atoms with E-state index in [1.165, 1.54) is 0 Å². The van der Waals surface area contributed by atoms with Gasteiger partial charge >= 0.3 is 0 Å². The summed E-state index contributed by atoms with van der Waals surface area (Å²) in [4.78, 5) is 0. The van der Waals surface area contributed by atoms with Gasteiger partial charge in [0.15, 0.2) is 0 Å². The van der Waals surface area contributed by atoms with Gasteiger partial charge in [0.1, 0.15) is 23.0 Å². The SMILES string of the molecule is Oc1ccc2c(O)cccc2c1.Oc1ccc2cc(O)ccc2c1. The highest BCUT2D eigenvalue weighted by Gasteiger charge is 1.98. The van der Waals surface area contributed by atoms with Crippen molar-refractivity contribution in [1.82, 2.24) is 0 Å². The van der Waals surface area contributed by atoms with E-state index in [1.807, 2.05) is 6.07 Å². The second kappa shape index (κ2) is 6.38. The molecule has 0 aliphatic carbocycles. The number of aromatic hydroxyl groups is 4. The Labute approximate surface area is 138 Å². The van der Waals surface area contributed by atoms with Crippen LogP contribution >= 0.6 is 0 Å². The Bertz CT molecular complexity index is 967. The summed E-state index contributed by atoms with van der Waals surface area (Å²) >= 11 is 0. The molecule has 0 saturated heterocycles. The topological polar surface area (TPSA) is 80.9 Å². The van der Waals surface area contributed by atoms with Gasteiger partial charge in [-0.15, -0.1) is 0 Å². The third kappa shape index (κ3) is 3.33. The molecular weight excluding hydrogens is 304 g/mol. The maximum Gasteiger partial charge on any atom is 0.123 e. The van der Waals surface area contributed by atoms with E-state index in [9.17, 15) is 5.11 Å². The van der Waals surface area contributed by atoms with Crippen LogP contribution in [0.5, 0.6) is 23.0 Å². The first-order valence-corrected chi connectivity index (χ1v) is 7.35. The molecular formula is C20H16O4. The average molecular weight is 320 g/mol. The molecule has 0 aliphatic heterocycles. The summed E-state index contributed by atoms with van der Waals surface area (Å²) < 4.78 is 0. The molecule has 4 nitrogen and oxygen atoms in total. The number of hydrogen-bond acceptors (Lipinski definition) is 4. The van der Waals surface area contributed by atoms with Crippen LogP contribution in [0.3, 0.4) is 0 Å². The number of benzene rings is 4. The quantitative estimate of drug-likeness (QED) is 0.384. The first kappa shape index (κ1) is 15.5. The van der Waals surface area contributed by atoms with Gasteiger partial charge in [0.25, 0.3) is 0 Å². The van der Waals surface area contributed by atoms with E-state index < -0.39 is 0 Å². The summed E-state index contributed by atoms with van der Waals surface area (Å²) in [5.41, 5.74) is 0. The van der Waals surface area contributed by atoms with Gasteiger partial charge in [-0.1, -0.05) is 24.3 Å². The molecule has 0 bridgehead atoms. The van der Waals surface area contributed by atoms with Crippen LogP contribution in [0.25, 0.3) is 21.5 Å². The summed E-state index contributed by atoms with van der Waals surface area (Å²) in [6.45, 7) is 0. The van der Waals surface area contributed by atoms with Crippen molar-refractivity contribution in [2.75, 3.05) is 0 Å². The molecule has 24 heavy (non-hydrogen) atoms. The molecule has 4 aromatic rings. The zero-order valence-corrected chi connectivity index (χ0v) is 12.7. The van der Waals surface area contributed by atoms with E-state index in [0.29, 0.717) is 0 Å². The summed E-state index contributed by atoms with van der Waals surface area (Å²) in [5, 5.41) is 40.2. The number of hydrogen-bond donors (Lipinski definition) is 4. The van der Waals surface area contributed by atoms with Crippen molar-refractivity contribution in [3.05, 3.63) is 72.8 Å². The molecule has 4 rings (SSSR count). The van der Waals surface area contributed by atoms with E-state index in [0.717, 1.165) is 21.5 Å². The van der Waals surface area contributed by atoms with E-state index in [4.69, 9.17) is 15.3 Å². The fourth-order valence-electron chi connectivity index (χ4n) is 2.47. The van der Waals surface area contributed by atoms with Crippen molar-refractivity contribution < 1.29 is 20.4 Å². The Morgan fingerprint density at radius 3 is 1.54 bits per heavy atom. The molecule has 0 aromatic heterocycles. The van der Waals surface area contributed by atoms with Crippen molar-refractivity contribution >= 4 is 21.5 Å². The molecule has 4 aromatic carbocycles. The third-order valence-electron chi connectivity index (χ3n) is 3.65. The van der Waals surface area contributed by atoms with Gasteiger partial charge in [-0.3, -0.25) is 0 Å². The van der Waals surface area contributed by atoms with Gasteiger partial charge in [0.05, 0.1) is 0 Å². The van der Waals surface area contributed by atoms with Crippen LogP contribution in [0.2, 0.25) is 0 Å². The van der Waals surface area contributed by atoms with Crippen LogP contribution in [0, 0.1) is 0 Å². The second-order valence-electron chi connectivity index (χ2n) is 5.40. The minimum absolute atomic E-state index is 0.216. The molecule has 0 saturated carbocycles. The van der Waals surface area contributed by atoms with E-state index >= 15 is 0 Å². The van der Waals surface area contributed by atoms with Crippen LogP contribution in [-0.2, 0) is 0 Å². The molecule has 0 unspecified atom stereocenters. The molecule has 0 spiro atoms. The van der Waals surface area contributed by atoms with Crippen LogP contribution in [-0.4, -0.2) is 20.4 Å². The summed E-state index contributed by atoms with van der Waals surface area (Å²) in [6.07, 6.45) is 0. The Morgan fingerprint density at radius 1 is 0.458 bits per heavy atom. The van der Waals surface area contributed by atoms with Gasteiger partial charge in [-0.2, -0.15) is 0 Å². The second-order valence-corrected chi connectivity index (χ2v) is 5.40. The maximum atomic E-state index is 9.38. The minimum atomic E-state index is 0.216. The molecule has 0 aliphatic rings. The zero-order chi connectivity index (χ0) is 17.1. The maximum absolute atomic E-state index is 9.38. The number of phenols is 4. The monoisotopic (exact) mass is 320 g/mol. The van der Waals surface area contributed by atoms with Crippen molar-refractivity contribution in [3.8, 4) is 23.0 Å². The first-order chi connectivity index (χ1) is 11.5. The summed E-state index contributed by atoms with van der Waals surface area (Å²) in [7, 11) is 0. The van der Waals surface area contributed by atoms with Crippen LogP contribution in [0.1, 0.15) is 0 Å². The number of phenolic OH excluding ortho intramolecular Hbond substituents is 4. The number of fused-ring (bicyclic) bond motifs is 2. The lowest BCUT2D eigenvalue weighted by Gasteiger charge is -1.99. The largest absolute Gasteiger partial charge is 0.508 e. The lowest BCUT2D eigenvalue weighted by molar-refractivity contribution is 0.474. The van der Waals surface area contributed by atoms with E-state index in [2.05, 4.69) is 0 Å². The molecule has 120 valence electrons. The highest BCUT2D eigenvalue weighted by atomic mass is 16.3. The van der Waals surface area contributed by atoms with Gasteiger partial charge in [0, 0.05) is 5.39 Å².